The molecule has 0 bridgehead atoms. The molecule has 0 saturated heterocycles. The zero-order chi connectivity index (χ0) is 29.5. The number of hydrogen-bond donors (Lipinski definition) is 1. The minimum atomic E-state index is -5.01. The molecule has 0 spiro atoms. The highest BCUT2D eigenvalue weighted by Crippen LogP contribution is 2.48. The SMILES string of the molecule is Cc1c(SC(F)(F)F)cccc1C1COc2c(-c3cccc(OC(F)(F)F)c3)cccc2N1CC(O)C(F)(F)F. The number of rotatable bonds is 6. The van der Waals surface area contributed by atoms with E-state index >= 15 is 0 Å². The fourth-order valence-electron chi connectivity index (χ4n) is 4.41. The first kappa shape index (κ1) is 29.7. The lowest BCUT2D eigenvalue weighted by atomic mass is 9.96. The number of nitrogens with zero attached hydrogens (tertiary/aromatic N) is 1. The Morgan fingerprint density at radius 1 is 0.975 bits per heavy atom. The first-order chi connectivity index (χ1) is 18.5. The van der Waals surface area contributed by atoms with Crippen molar-refractivity contribution in [2.75, 3.05) is 18.1 Å². The summed E-state index contributed by atoms with van der Waals surface area (Å²) in [5.41, 5.74) is -3.69. The molecule has 1 N–H and O–H groups in total. The Labute approximate surface area is 226 Å². The number of hydrogen-bond acceptors (Lipinski definition) is 5. The van der Waals surface area contributed by atoms with E-state index in [1.807, 2.05) is 0 Å². The molecule has 216 valence electrons. The quantitative estimate of drug-likeness (QED) is 0.230. The first-order valence-electron chi connectivity index (χ1n) is 11.5. The van der Waals surface area contributed by atoms with Gasteiger partial charge in [-0.05, 0) is 59.6 Å². The maximum Gasteiger partial charge on any atom is 0.573 e. The summed E-state index contributed by atoms with van der Waals surface area (Å²) in [6.07, 6.45) is -12.8. The Morgan fingerprint density at radius 2 is 1.65 bits per heavy atom. The van der Waals surface area contributed by atoms with E-state index in [4.69, 9.17) is 4.74 Å². The molecule has 40 heavy (non-hydrogen) atoms. The molecule has 2 unspecified atom stereocenters. The van der Waals surface area contributed by atoms with Crippen LogP contribution in [-0.2, 0) is 0 Å². The van der Waals surface area contributed by atoms with Gasteiger partial charge in [0.2, 0.25) is 0 Å². The van der Waals surface area contributed by atoms with Crippen LogP contribution in [0, 0.1) is 6.92 Å². The summed E-state index contributed by atoms with van der Waals surface area (Å²) in [6, 6.07) is 12.2. The van der Waals surface area contributed by atoms with Gasteiger partial charge >= 0.3 is 18.0 Å². The van der Waals surface area contributed by atoms with Crippen LogP contribution in [0.15, 0.2) is 65.6 Å². The summed E-state index contributed by atoms with van der Waals surface area (Å²) >= 11 is -0.365. The molecule has 4 rings (SSSR count). The van der Waals surface area contributed by atoms with Crippen molar-refractivity contribution in [3.8, 4) is 22.6 Å². The van der Waals surface area contributed by atoms with E-state index in [2.05, 4.69) is 4.74 Å². The smallest absolute Gasteiger partial charge is 0.488 e. The lowest BCUT2D eigenvalue weighted by molar-refractivity contribution is -0.274. The molecule has 1 aliphatic rings. The van der Waals surface area contributed by atoms with Gasteiger partial charge in [-0.2, -0.15) is 26.3 Å². The Bertz CT molecular complexity index is 1360. The van der Waals surface area contributed by atoms with Gasteiger partial charge in [-0.3, -0.25) is 0 Å². The highest BCUT2D eigenvalue weighted by Gasteiger charge is 2.43. The van der Waals surface area contributed by atoms with E-state index in [0.29, 0.717) is 0 Å². The minimum absolute atomic E-state index is 0.0238. The molecule has 2 atom stereocenters. The van der Waals surface area contributed by atoms with E-state index in [0.717, 1.165) is 12.1 Å². The van der Waals surface area contributed by atoms with Crippen LogP contribution in [-0.4, -0.2) is 42.4 Å². The van der Waals surface area contributed by atoms with Crippen LogP contribution in [0.5, 0.6) is 11.5 Å². The van der Waals surface area contributed by atoms with Gasteiger partial charge in [0.1, 0.15) is 12.4 Å². The van der Waals surface area contributed by atoms with Crippen molar-refractivity contribution in [1.29, 1.82) is 0 Å². The van der Waals surface area contributed by atoms with Gasteiger partial charge in [0, 0.05) is 10.5 Å². The highest BCUT2D eigenvalue weighted by molar-refractivity contribution is 8.00. The average Bonchev–Trinajstić information content (AvgIpc) is 2.83. The van der Waals surface area contributed by atoms with E-state index in [1.54, 1.807) is 0 Å². The summed E-state index contributed by atoms with van der Waals surface area (Å²) in [5.74, 6) is -0.508. The normalized spacial score (nSPS) is 16.8. The number of ether oxygens (including phenoxy) is 2. The van der Waals surface area contributed by atoms with Crippen LogP contribution < -0.4 is 14.4 Å². The highest BCUT2D eigenvalue weighted by atomic mass is 32.2. The summed E-state index contributed by atoms with van der Waals surface area (Å²) in [7, 11) is 0. The predicted molar refractivity (Wildman–Crippen MR) is 129 cm³/mol. The second kappa shape index (κ2) is 11.0. The van der Waals surface area contributed by atoms with Crippen molar-refractivity contribution < 1.29 is 54.1 Å². The third-order valence-electron chi connectivity index (χ3n) is 6.10. The number of aliphatic hydroxyl groups excluding tert-OH is 1. The molecule has 0 aliphatic carbocycles. The van der Waals surface area contributed by atoms with Crippen LogP contribution in [0.4, 0.5) is 45.2 Å². The number of anilines is 1. The maximum atomic E-state index is 13.4. The molecule has 3 aromatic carbocycles. The summed E-state index contributed by atoms with van der Waals surface area (Å²) in [4.78, 5) is 1.03. The summed E-state index contributed by atoms with van der Waals surface area (Å²) in [6.45, 7) is 0.0927. The Kier molecular flexibility index (Phi) is 8.14. The fourth-order valence-corrected chi connectivity index (χ4v) is 5.08. The first-order valence-corrected chi connectivity index (χ1v) is 12.3. The number of alkyl halides is 9. The monoisotopic (exact) mass is 597 g/mol. The largest absolute Gasteiger partial charge is 0.573 e. The number of thioether (sulfide) groups is 1. The predicted octanol–water partition coefficient (Wildman–Crippen LogP) is 8.04. The maximum absolute atomic E-state index is 13.4. The fraction of sp³-hybridized carbons (Fsp3) is 0.308. The van der Waals surface area contributed by atoms with Crippen LogP contribution >= 0.6 is 11.8 Å². The molecule has 0 aromatic heterocycles. The third-order valence-corrected chi connectivity index (χ3v) is 7.00. The summed E-state index contributed by atoms with van der Waals surface area (Å²) < 4.78 is 128. The molecule has 0 amide bonds. The molecule has 1 aliphatic heterocycles. The summed E-state index contributed by atoms with van der Waals surface area (Å²) in [5, 5.41) is 9.95. The number of halogens is 9. The Hall–Kier alpha value is -3.26. The van der Waals surface area contributed by atoms with Gasteiger partial charge in [0.05, 0.1) is 18.3 Å². The van der Waals surface area contributed by atoms with Gasteiger partial charge < -0.3 is 19.5 Å². The van der Waals surface area contributed by atoms with Crippen molar-refractivity contribution in [2.24, 2.45) is 0 Å². The molecule has 4 nitrogen and oxygen atoms in total. The molecule has 0 radical (unpaired) electrons. The third kappa shape index (κ3) is 6.89. The lowest BCUT2D eigenvalue weighted by Gasteiger charge is -2.41. The van der Waals surface area contributed by atoms with Crippen LogP contribution in [0.3, 0.4) is 0 Å². The Balaban J connectivity index is 1.80. The van der Waals surface area contributed by atoms with Crippen molar-refractivity contribution in [3.05, 3.63) is 71.8 Å². The number of benzene rings is 3. The Morgan fingerprint density at radius 3 is 2.30 bits per heavy atom. The molecule has 0 saturated carbocycles. The minimum Gasteiger partial charge on any atom is -0.488 e. The van der Waals surface area contributed by atoms with Crippen molar-refractivity contribution in [1.82, 2.24) is 0 Å². The van der Waals surface area contributed by atoms with E-state index < -0.39 is 42.5 Å². The molecular weight excluding hydrogens is 577 g/mol. The zero-order valence-corrected chi connectivity index (χ0v) is 21.2. The van der Waals surface area contributed by atoms with E-state index in [1.165, 1.54) is 60.4 Å². The van der Waals surface area contributed by atoms with Crippen LogP contribution in [0.2, 0.25) is 0 Å². The topological polar surface area (TPSA) is 41.9 Å². The van der Waals surface area contributed by atoms with E-state index in [-0.39, 0.29) is 57.0 Å². The van der Waals surface area contributed by atoms with Crippen molar-refractivity contribution in [2.45, 2.75) is 42.0 Å². The lowest BCUT2D eigenvalue weighted by Crippen LogP contribution is -2.46. The molecule has 3 aromatic rings. The second-order valence-corrected chi connectivity index (χ2v) is 9.89. The molecule has 1 heterocycles. The van der Waals surface area contributed by atoms with Gasteiger partial charge in [0.15, 0.2) is 11.9 Å². The number of para-hydroxylation sites is 1. The van der Waals surface area contributed by atoms with Gasteiger partial charge in [0.25, 0.3) is 0 Å². The zero-order valence-electron chi connectivity index (χ0n) is 20.4. The van der Waals surface area contributed by atoms with E-state index in [9.17, 15) is 44.6 Å². The standard InChI is InChI=1S/C26H20F9NO3S/c1-14-17(7-4-10-21(14)40-26(33,34)35)20-13-38-23-18(15-5-2-6-16(11-15)39-25(30,31)32)8-3-9-19(23)36(20)12-22(37)24(27,28)29/h2-11,20,22,37H,12-13H2,1H3. The second-order valence-electron chi connectivity index (χ2n) is 8.78. The molecule has 14 heteroatoms. The van der Waals surface area contributed by atoms with Crippen molar-refractivity contribution in [3.63, 3.8) is 0 Å². The molecule has 0 fully saturated rings. The van der Waals surface area contributed by atoms with Crippen molar-refractivity contribution >= 4 is 17.4 Å². The number of fused-ring (bicyclic) bond motifs is 1. The van der Waals surface area contributed by atoms with Crippen LogP contribution in [0.1, 0.15) is 17.2 Å². The number of β-amino-alcohol motifs (C(OH)–C–C–N with tert-alkyl or cyclic N) is 1. The average molecular weight is 597 g/mol. The van der Waals surface area contributed by atoms with Crippen LogP contribution in [0.25, 0.3) is 11.1 Å². The molecular formula is C26H20F9NO3S. The van der Waals surface area contributed by atoms with Gasteiger partial charge in [-0.25, -0.2) is 0 Å². The van der Waals surface area contributed by atoms with Gasteiger partial charge in [-0.1, -0.05) is 36.4 Å². The van der Waals surface area contributed by atoms with Gasteiger partial charge in [-0.15, -0.1) is 13.2 Å². The number of aliphatic hydroxyl groups is 1.